The third-order valence-corrected chi connectivity index (χ3v) is 3.04. The first-order valence-corrected chi connectivity index (χ1v) is 6.02. The van der Waals surface area contributed by atoms with Gasteiger partial charge in [0.15, 0.2) is 0 Å². The molecule has 94 valence electrons. The van der Waals surface area contributed by atoms with Crippen molar-refractivity contribution in [1.82, 2.24) is 0 Å². The molecule has 0 aliphatic heterocycles. The number of hydrogen-bond donors (Lipinski definition) is 0. The average molecular weight is 242 g/mol. The smallest absolute Gasteiger partial charge is 0.112 e. The standard InChI is InChI=1S/C16H18O2/c1-17-15(13-9-5-3-6-10-13)16(18-2)14-11-7-4-8-12-14/h3-12,15-16H,1-2H3/t15-,16?/m0/s1. The predicted molar refractivity (Wildman–Crippen MR) is 72.4 cm³/mol. The molecular formula is C16H18O2. The Hall–Kier alpha value is -1.64. The molecule has 0 N–H and O–H groups in total. The molecule has 2 heteroatoms. The molecule has 0 fully saturated rings. The Morgan fingerprint density at radius 3 is 1.22 bits per heavy atom. The van der Waals surface area contributed by atoms with E-state index < -0.39 is 0 Å². The summed E-state index contributed by atoms with van der Waals surface area (Å²) in [5.41, 5.74) is 2.24. The van der Waals surface area contributed by atoms with Gasteiger partial charge >= 0.3 is 0 Å². The lowest BCUT2D eigenvalue weighted by atomic mass is 9.98. The molecule has 18 heavy (non-hydrogen) atoms. The van der Waals surface area contributed by atoms with Crippen LogP contribution < -0.4 is 0 Å². The van der Waals surface area contributed by atoms with Crippen molar-refractivity contribution in [3.63, 3.8) is 0 Å². The van der Waals surface area contributed by atoms with Crippen LogP contribution in [-0.2, 0) is 9.47 Å². The Kier molecular flexibility index (Phi) is 4.51. The van der Waals surface area contributed by atoms with Gasteiger partial charge in [-0.15, -0.1) is 0 Å². The maximum Gasteiger partial charge on any atom is 0.112 e. The summed E-state index contributed by atoms with van der Waals surface area (Å²) >= 11 is 0. The van der Waals surface area contributed by atoms with Gasteiger partial charge in [0, 0.05) is 14.2 Å². The normalized spacial score (nSPS) is 14.1. The van der Waals surface area contributed by atoms with E-state index in [0.717, 1.165) is 11.1 Å². The predicted octanol–water partition coefficient (Wildman–Crippen LogP) is 3.76. The Balaban J connectivity index is 2.31. The van der Waals surface area contributed by atoms with Crippen molar-refractivity contribution >= 4 is 0 Å². The van der Waals surface area contributed by atoms with Gasteiger partial charge in [-0.05, 0) is 11.1 Å². The molecule has 0 aromatic heterocycles. The van der Waals surface area contributed by atoms with Gasteiger partial charge in [-0.2, -0.15) is 0 Å². The van der Waals surface area contributed by atoms with Crippen LogP contribution >= 0.6 is 0 Å². The third kappa shape index (κ3) is 2.78. The fraction of sp³-hybridized carbons (Fsp3) is 0.250. The molecule has 0 radical (unpaired) electrons. The molecule has 1 unspecified atom stereocenters. The minimum atomic E-state index is -0.0985. The zero-order chi connectivity index (χ0) is 12.8. The van der Waals surface area contributed by atoms with Crippen LogP contribution in [0.15, 0.2) is 60.7 Å². The summed E-state index contributed by atoms with van der Waals surface area (Å²) in [4.78, 5) is 0. The van der Waals surface area contributed by atoms with E-state index in [2.05, 4.69) is 24.3 Å². The number of benzene rings is 2. The molecule has 0 spiro atoms. The topological polar surface area (TPSA) is 18.5 Å². The Morgan fingerprint density at radius 1 is 0.611 bits per heavy atom. The second-order valence-corrected chi connectivity index (χ2v) is 4.13. The molecule has 0 saturated carbocycles. The van der Waals surface area contributed by atoms with Crippen molar-refractivity contribution in [3.05, 3.63) is 71.8 Å². The van der Waals surface area contributed by atoms with Crippen molar-refractivity contribution < 1.29 is 9.47 Å². The summed E-state index contributed by atoms with van der Waals surface area (Å²) in [7, 11) is 3.43. The van der Waals surface area contributed by atoms with Crippen LogP contribution in [0.2, 0.25) is 0 Å². The van der Waals surface area contributed by atoms with Crippen LogP contribution in [0.1, 0.15) is 23.3 Å². The monoisotopic (exact) mass is 242 g/mol. The van der Waals surface area contributed by atoms with Gasteiger partial charge in [-0.25, -0.2) is 0 Å². The fourth-order valence-corrected chi connectivity index (χ4v) is 2.15. The first-order chi connectivity index (χ1) is 8.86. The van der Waals surface area contributed by atoms with Crippen molar-refractivity contribution in [2.75, 3.05) is 14.2 Å². The highest BCUT2D eigenvalue weighted by molar-refractivity contribution is 5.25. The van der Waals surface area contributed by atoms with E-state index in [1.54, 1.807) is 14.2 Å². The van der Waals surface area contributed by atoms with Crippen molar-refractivity contribution in [2.45, 2.75) is 12.2 Å². The fourth-order valence-electron chi connectivity index (χ4n) is 2.15. The lowest BCUT2D eigenvalue weighted by Crippen LogP contribution is -2.15. The second-order valence-electron chi connectivity index (χ2n) is 4.13. The lowest BCUT2D eigenvalue weighted by Gasteiger charge is -2.25. The van der Waals surface area contributed by atoms with Gasteiger partial charge in [0.2, 0.25) is 0 Å². The third-order valence-electron chi connectivity index (χ3n) is 3.04. The molecule has 2 rings (SSSR count). The molecule has 0 bridgehead atoms. The molecule has 0 heterocycles. The summed E-state index contributed by atoms with van der Waals surface area (Å²) in [6.45, 7) is 0. The Morgan fingerprint density at radius 2 is 0.944 bits per heavy atom. The van der Waals surface area contributed by atoms with Crippen molar-refractivity contribution in [1.29, 1.82) is 0 Å². The van der Waals surface area contributed by atoms with Gasteiger partial charge in [0.25, 0.3) is 0 Å². The average Bonchev–Trinajstić information content (AvgIpc) is 2.46. The van der Waals surface area contributed by atoms with E-state index in [0.29, 0.717) is 0 Å². The lowest BCUT2D eigenvalue weighted by molar-refractivity contribution is -0.0397. The van der Waals surface area contributed by atoms with E-state index in [9.17, 15) is 0 Å². The van der Waals surface area contributed by atoms with Crippen LogP contribution in [-0.4, -0.2) is 14.2 Å². The first kappa shape index (κ1) is 12.8. The maximum atomic E-state index is 5.62. The maximum absolute atomic E-state index is 5.62. The van der Waals surface area contributed by atoms with Gasteiger partial charge in [0.05, 0.1) is 0 Å². The van der Waals surface area contributed by atoms with E-state index in [1.165, 1.54) is 0 Å². The van der Waals surface area contributed by atoms with Crippen molar-refractivity contribution in [2.24, 2.45) is 0 Å². The number of rotatable bonds is 5. The van der Waals surface area contributed by atoms with Crippen LogP contribution in [0.3, 0.4) is 0 Å². The van der Waals surface area contributed by atoms with E-state index >= 15 is 0 Å². The highest BCUT2D eigenvalue weighted by Crippen LogP contribution is 2.33. The number of hydrogen-bond acceptors (Lipinski definition) is 2. The van der Waals surface area contributed by atoms with E-state index in [4.69, 9.17) is 9.47 Å². The minimum Gasteiger partial charge on any atom is -0.374 e. The van der Waals surface area contributed by atoms with Crippen LogP contribution in [0.5, 0.6) is 0 Å². The van der Waals surface area contributed by atoms with Gasteiger partial charge < -0.3 is 9.47 Å². The van der Waals surface area contributed by atoms with Crippen molar-refractivity contribution in [3.8, 4) is 0 Å². The number of methoxy groups -OCH3 is 2. The molecule has 0 aliphatic carbocycles. The van der Waals surface area contributed by atoms with Gasteiger partial charge in [-0.3, -0.25) is 0 Å². The zero-order valence-corrected chi connectivity index (χ0v) is 10.7. The highest BCUT2D eigenvalue weighted by atomic mass is 16.5. The quantitative estimate of drug-likeness (QED) is 0.794. The molecule has 2 aromatic rings. The molecule has 0 amide bonds. The minimum absolute atomic E-state index is 0.0985. The summed E-state index contributed by atoms with van der Waals surface area (Å²) in [6.07, 6.45) is -0.197. The van der Waals surface area contributed by atoms with Crippen LogP contribution in [0, 0.1) is 0 Å². The Labute approximate surface area is 108 Å². The molecule has 0 saturated heterocycles. The molecule has 2 nitrogen and oxygen atoms in total. The highest BCUT2D eigenvalue weighted by Gasteiger charge is 2.24. The molecule has 0 aliphatic rings. The van der Waals surface area contributed by atoms with Crippen LogP contribution in [0.4, 0.5) is 0 Å². The summed E-state index contributed by atoms with van der Waals surface area (Å²) in [5, 5.41) is 0. The summed E-state index contributed by atoms with van der Waals surface area (Å²) in [5.74, 6) is 0. The SMILES string of the molecule is COC(c1ccccc1)[C@@H](OC)c1ccccc1. The largest absolute Gasteiger partial charge is 0.374 e. The molecular weight excluding hydrogens is 224 g/mol. The Bertz CT molecular complexity index is 408. The molecule has 2 atom stereocenters. The summed E-state index contributed by atoms with van der Waals surface area (Å²) in [6, 6.07) is 20.3. The second kappa shape index (κ2) is 6.34. The van der Waals surface area contributed by atoms with E-state index in [1.807, 2.05) is 36.4 Å². The first-order valence-electron chi connectivity index (χ1n) is 6.02. The van der Waals surface area contributed by atoms with Gasteiger partial charge in [0.1, 0.15) is 12.2 Å². The van der Waals surface area contributed by atoms with Gasteiger partial charge in [-0.1, -0.05) is 60.7 Å². The number of ether oxygens (including phenoxy) is 2. The summed E-state index contributed by atoms with van der Waals surface area (Å²) < 4.78 is 11.2. The van der Waals surface area contributed by atoms with Crippen LogP contribution in [0.25, 0.3) is 0 Å². The van der Waals surface area contributed by atoms with E-state index in [-0.39, 0.29) is 12.2 Å². The molecule has 2 aromatic carbocycles. The zero-order valence-electron chi connectivity index (χ0n) is 10.7.